The van der Waals surface area contributed by atoms with Crippen molar-refractivity contribution in [3.8, 4) is 0 Å². The Morgan fingerprint density at radius 3 is 2.31 bits per heavy atom. The lowest BCUT2D eigenvalue weighted by atomic mass is 10.1. The van der Waals surface area contributed by atoms with Gasteiger partial charge in [-0.05, 0) is 54.4 Å². The molecule has 2 N–H and O–H groups in total. The molecule has 0 bridgehead atoms. The van der Waals surface area contributed by atoms with E-state index in [0.29, 0.717) is 31.3 Å². The SMILES string of the molecule is O=C(Nc1ccc(NS(=O)(=O)c2ccc(F)c(F)c2)cc1)C1CC(=O)N(CCc2ccccc2)C1. The predicted octanol–water partition coefficient (Wildman–Crippen LogP) is 3.80. The van der Waals surface area contributed by atoms with Crippen molar-refractivity contribution in [3.05, 3.63) is 90.0 Å². The Morgan fingerprint density at radius 2 is 1.63 bits per heavy atom. The third-order valence-electron chi connectivity index (χ3n) is 5.70. The van der Waals surface area contributed by atoms with Crippen molar-refractivity contribution < 1.29 is 26.8 Å². The minimum absolute atomic E-state index is 0.0666. The number of benzene rings is 3. The summed E-state index contributed by atoms with van der Waals surface area (Å²) >= 11 is 0. The molecule has 182 valence electrons. The molecular formula is C25H23F2N3O4S. The molecule has 0 aliphatic carbocycles. The van der Waals surface area contributed by atoms with Crippen LogP contribution in [-0.4, -0.2) is 38.2 Å². The van der Waals surface area contributed by atoms with Crippen molar-refractivity contribution in [1.29, 1.82) is 0 Å². The second-order valence-corrected chi connectivity index (χ2v) is 9.91. The Bertz CT molecular complexity index is 1330. The lowest BCUT2D eigenvalue weighted by Crippen LogP contribution is -2.30. The monoisotopic (exact) mass is 499 g/mol. The molecule has 1 aliphatic heterocycles. The first kappa shape index (κ1) is 24.3. The van der Waals surface area contributed by atoms with Crippen LogP contribution < -0.4 is 10.0 Å². The standard InChI is InChI=1S/C25H23F2N3O4S/c26-22-11-10-21(15-23(22)27)35(33,34)29-20-8-6-19(7-9-20)28-25(32)18-14-24(31)30(16-18)13-12-17-4-2-1-3-5-17/h1-11,15,18,29H,12-14,16H2,(H,28,32). The summed E-state index contributed by atoms with van der Waals surface area (Å²) < 4.78 is 53.5. The van der Waals surface area contributed by atoms with Crippen molar-refractivity contribution in [1.82, 2.24) is 4.90 Å². The van der Waals surface area contributed by atoms with Gasteiger partial charge >= 0.3 is 0 Å². The van der Waals surface area contributed by atoms with E-state index in [1.165, 1.54) is 24.3 Å². The first-order valence-corrected chi connectivity index (χ1v) is 12.4. The third kappa shape index (κ3) is 6.02. The summed E-state index contributed by atoms with van der Waals surface area (Å²) in [6.07, 6.45) is 0.843. The van der Waals surface area contributed by atoms with Gasteiger partial charge in [-0.3, -0.25) is 14.3 Å². The molecule has 1 fully saturated rings. The van der Waals surface area contributed by atoms with Crippen LogP contribution in [0.15, 0.2) is 77.7 Å². The highest BCUT2D eigenvalue weighted by atomic mass is 32.2. The van der Waals surface area contributed by atoms with Crippen molar-refractivity contribution in [3.63, 3.8) is 0 Å². The van der Waals surface area contributed by atoms with Gasteiger partial charge in [0.1, 0.15) is 0 Å². The van der Waals surface area contributed by atoms with Gasteiger partial charge in [-0.2, -0.15) is 0 Å². The number of rotatable bonds is 8. The van der Waals surface area contributed by atoms with Gasteiger partial charge in [0.15, 0.2) is 11.6 Å². The molecule has 2 amide bonds. The van der Waals surface area contributed by atoms with Gasteiger partial charge in [-0.25, -0.2) is 17.2 Å². The Kier molecular flexibility index (Phi) is 7.11. The Hall–Kier alpha value is -3.79. The fourth-order valence-corrected chi connectivity index (χ4v) is 4.87. The number of nitrogens with one attached hydrogen (secondary N) is 2. The van der Waals surface area contributed by atoms with Crippen LogP contribution in [-0.2, 0) is 26.0 Å². The molecule has 0 aromatic heterocycles. The average Bonchev–Trinajstić information content (AvgIpc) is 3.22. The smallest absolute Gasteiger partial charge is 0.261 e. The van der Waals surface area contributed by atoms with E-state index in [-0.39, 0.29) is 23.9 Å². The number of likely N-dealkylation sites (tertiary alicyclic amines) is 1. The van der Waals surface area contributed by atoms with Crippen LogP contribution in [0.5, 0.6) is 0 Å². The van der Waals surface area contributed by atoms with Gasteiger partial charge < -0.3 is 10.2 Å². The van der Waals surface area contributed by atoms with Crippen molar-refractivity contribution in [2.75, 3.05) is 23.1 Å². The highest BCUT2D eigenvalue weighted by molar-refractivity contribution is 7.92. The Morgan fingerprint density at radius 1 is 0.943 bits per heavy atom. The van der Waals surface area contributed by atoms with E-state index < -0.39 is 32.5 Å². The molecule has 1 aliphatic rings. The van der Waals surface area contributed by atoms with Crippen molar-refractivity contribution >= 4 is 33.2 Å². The molecule has 4 rings (SSSR count). The summed E-state index contributed by atoms with van der Waals surface area (Å²) in [7, 11) is -4.13. The van der Waals surface area contributed by atoms with Crippen LogP contribution in [0.4, 0.5) is 20.2 Å². The highest BCUT2D eigenvalue weighted by Gasteiger charge is 2.34. The average molecular weight is 500 g/mol. The van der Waals surface area contributed by atoms with E-state index in [0.717, 1.165) is 17.7 Å². The number of hydrogen-bond donors (Lipinski definition) is 2. The number of carbonyl (C=O) groups is 2. The minimum Gasteiger partial charge on any atom is -0.342 e. The lowest BCUT2D eigenvalue weighted by molar-refractivity contribution is -0.128. The third-order valence-corrected chi connectivity index (χ3v) is 7.08. The lowest BCUT2D eigenvalue weighted by Gasteiger charge is -2.16. The van der Waals surface area contributed by atoms with E-state index in [9.17, 15) is 26.8 Å². The van der Waals surface area contributed by atoms with Gasteiger partial charge in [-0.1, -0.05) is 30.3 Å². The quantitative estimate of drug-likeness (QED) is 0.493. The topological polar surface area (TPSA) is 95.6 Å². The molecule has 35 heavy (non-hydrogen) atoms. The van der Waals surface area contributed by atoms with Gasteiger partial charge in [0, 0.05) is 30.9 Å². The predicted molar refractivity (Wildman–Crippen MR) is 127 cm³/mol. The summed E-state index contributed by atoms with van der Waals surface area (Å²) in [5, 5.41) is 2.75. The summed E-state index contributed by atoms with van der Waals surface area (Å²) in [5.74, 6) is -3.26. The van der Waals surface area contributed by atoms with E-state index >= 15 is 0 Å². The first-order chi connectivity index (χ1) is 16.7. The zero-order chi connectivity index (χ0) is 25.0. The fourth-order valence-electron chi connectivity index (χ4n) is 3.80. The second kappa shape index (κ2) is 10.2. The van der Waals surface area contributed by atoms with Crippen molar-refractivity contribution in [2.24, 2.45) is 5.92 Å². The maximum Gasteiger partial charge on any atom is 0.261 e. The number of nitrogens with zero attached hydrogens (tertiary/aromatic N) is 1. The Labute approximate surface area is 201 Å². The number of amides is 2. The maximum absolute atomic E-state index is 13.4. The van der Waals surface area contributed by atoms with E-state index in [4.69, 9.17) is 0 Å². The summed E-state index contributed by atoms with van der Waals surface area (Å²) in [6.45, 7) is 0.878. The number of anilines is 2. The van der Waals surface area contributed by atoms with E-state index in [1.807, 2.05) is 30.3 Å². The molecule has 0 saturated carbocycles. The molecule has 1 atom stereocenters. The number of halogens is 2. The molecule has 1 unspecified atom stereocenters. The molecule has 0 spiro atoms. The van der Waals surface area contributed by atoms with Crippen LogP contribution in [0.3, 0.4) is 0 Å². The molecule has 3 aromatic carbocycles. The van der Waals surface area contributed by atoms with Crippen LogP contribution in [0.1, 0.15) is 12.0 Å². The number of sulfonamides is 1. The summed E-state index contributed by atoms with van der Waals surface area (Å²) in [5.41, 5.74) is 1.73. The number of hydrogen-bond acceptors (Lipinski definition) is 4. The van der Waals surface area contributed by atoms with Gasteiger partial charge in [0.25, 0.3) is 10.0 Å². The first-order valence-electron chi connectivity index (χ1n) is 10.9. The largest absolute Gasteiger partial charge is 0.342 e. The van der Waals surface area contributed by atoms with Crippen LogP contribution in [0, 0.1) is 17.6 Å². The summed E-state index contributed by atoms with van der Waals surface area (Å²) in [6, 6.07) is 18.0. The van der Waals surface area contributed by atoms with Crippen molar-refractivity contribution in [2.45, 2.75) is 17.7 Å². The normalized spacial score (nSPS) is 15.8. The second-order valence-electron chi connectivity index (χ2n) is 8.22. The molecule has 10 heteroatoms. The van der Waals surface area contributed by atoms with Gasteiger partial charge in [0.2, 0.25) is 11.8 Å². The van der Waals surface area contributed by atoms with E-state index in [2.05, 4.69) is 10.0 Å². The van der Waals surface area contributed by atoms with E-state index in [1.54, 1.807) is 4.90 Å². The van der Waals surface area contributed by atoms with Gasteiger partial charge in [-0.15, -0.1) is 0 Å². The molecule has 0 radical (unpaired) electrons. The van der Waals surface area contributed by atoms with Crippen LogP contribution >= 0.6 is 0 Å². The highest BCUT2D eigenvalue weighted by Crippen LogP contribution is 2.23. The van der Waals surface area contributed by atoms with Gasteiger partial charge in [0.05, 0.1) is 10.8 Å². The molecule has 3 aromatic rings. The summed E-state index contributed by atoms with van der Waals surface area (Å²) in [4.78, 5) is 26.3. The fraction of sp³-hybridized carbons (Fsp3) is 0.200. The molecular weight excluding hydrogens is 476 g/mol. The van der Waals surface area contributed by atoms with Crippen LogP contribution in [0.25, 0.3) is 0 Å². The molecule has 1 heterocycles. The minimum atomic E-state index is -4.13. The molecule has 1 saturated heterocycles. The Balaban J connectivity index is 1.32. The maximum atomic E-state index is 13.4. The zero-order valence-corrected chi connectivity index (χ0v) is 19.4. The van der Waals surface area contributed by atoms with Crippen LogP contribution in [0.2, 0.25) is 0 Å². The number of carbonyl (C=O) groups excluding carboxylic acids is 2. The molecule has 7 nitrogen and oxygen atoms in total. The zero-order valence-electron chi connectivity index (χ0n) is 18.6.